The van der Waals surface area contributed by atoms with E-state index in [-0.39, 0.29) is 0 Å². The maximum Gasteiger partial charge on any atom is 0.305 e. The quantitative estimate of drug-likeness (QED) is 0.360. The third kappa shape index (κ3) is 55.4. The van der Waals surface area contributed by atoms with Crippen molar-refractivity contribution in [2.24, 2.45) is 0 Å². The number of hydrogen-bond acceptors (Lipinski definition) is 5. The number of diazo groups is 1. The predicted octanol–water partition coefficient (Wildman–Crippen LogP) is -2.73. The summed E-state index contributed by atoms with van der Waals surface area (Å²) < 4.78 is 34.0. The Labute approximate surface area is 72.8 Å². The molecule has 0 unspecified atom stereocenters. The first-order valence-corrected chi connectivity index (χ1v) is 4.57. The molecule has 0 rings (SSSR count). The fourth-order valence-electron chi connectivity index (χ4n) is 0.433. The van der Waals surface area contributed by atoms with Gasteiger partial charge in [0, 0.05) is 6.42 Å². The molecule has 0 aliphatic heterocycles. The zero-order valence-electron chi connectivity index (χ0n) is 6.73. The van der Waals surface area contributed by atoms with Gasteiger partial charge in [0.1, 0.15) is 4.98 Å². The van der Waals surface area contributed by atoms with Crippen molar-refractivity contribution in [1.29, 1.82) is 5.39 Å². The van der Waals surface area contributed by atoms with E-state index in [2.05, 4.69) is 11.9 Å². The summed E-state index contributed by atoms with van der Waals surface area (Å²) in [6, 6.07) is 0. The SMILES string of the molecule is CCCCC[N+]#N.[O-][Cl+3]([O-])([O-])[O-]. The van der Waals surface area contributed by atoms with Gasteiger partial charge in [0.2, 0.25) is 5.39 Å². The lowest BCUT2D eigenvalue weighted by atomic mass is 10.3. The van der Waals surface area contributed by atoms with Gasteiger partial charge >= 0.3 is 6.54 Å². The van der Waals surface area contributed by atoms with Gasteiger partial charge in [-0.2, -0.15) is 0 Å². The monoisotopic (exact) mass is 198 g/mol. The van der Waals surface area contributed by atoms with Crippen LogP contribution in [0.4, 0.5) is 0 Å². The number of hydrogen-bond donors (Lipinski definition) is 0. The number of rotatable bonds is 3. The van der Waals surface area contributed by atoms with Gasteiger partial charge in [0.05, 0.1) is 0 Å². The van der Waals surface area contributed by atoms with E-state index in [0.717, 1.165) is 6.42 Å². The van der Waals surface area contributed by atoms with Crippen LogP contribution in [0, 0.1) is 15.6 Å². The summed E-state index contributed by atoms with van der Waals surface area (Å²) in [7, 11) is -4.94. The van der Waals surface area contributed by atoms with E-state index in [1.165, 1.54) is 12.8 Å². The summed E-state index contributed by atoms with van der Waals surface area (Å²) in [5, 5.41) is 7.92. The van der Waals surface area contributed by atoms with Crippen LogP contribution >= 0.6 is 0 Å². The molecule has 0 fully saturated rings. The molecule has 0 N–H and O–H groups in total. The van der Waals surface area contributed by atoms with Crippen LogP contribution in [0.3, 0.4) is 0 Å². The van der Waals surface area contributed by atoms with Crippen LogP contribution < -0.4 is 18.6 Å². The van der Waals surface area contributed by atoms with E-state index in [1.807, 2.05) is 0 Å². The van der Waals surface area contributed by atoms with E-state index in [1.54, 1.807) is 0 Å². The van der Waals surface area contributed by atoms with Gasteiger partial charge in [-0.15, -0.1) is 10.2 Å². The third-order valence-electron chi connectivity index (χ3n) is 0.862. The molecule has 0 aromatic rings. The Balaban J connectivity index is 0. The van der Waals surface area contributed by atoms with Crippen LogP contribution in [0.15, 0.2) is 0 Å². The molecule has 0 radical (unpaired) electrons. The van der Waals surface area contributed by atoms with Crippen molar-refractivity contribution in [1.82, 2.24) is 0 Å². The van der Waals surface area contributed by atoms with Crippen LogP contribution in [0.1, 0.15) is 26.2 Å². The molecule has 0 amide bonds. The Morgan fingerprint density at radius 1 is 1.17 bits per heavy atom. The molecule has 0 aliphatic rings. The highest BCUT2D eigenvalue weighted by Gasteiger charge is 1.89. The average molecular weight is 199 g/mol. The summed E-state index contributed by atoms with van der Waals surface area (Å²) in [6.45, 7) is 2.73. The molecular weight excluding hydrogens is 188 g/mol. The Bertz CT molecular complexity index is 124. The van der Waals surface area contributed by atoms with Crippen molar-refractivity contribution in [3.8, 4) is 0 Å². The second kappa shape index (κ2) is 8.64. The Morgan fingerprint density at radius 2 is 1.58 bits per heavy atom. The van der Waals surface area contributed by atoms with Crippen molar-refractivity contribution in [2.45, 2.75) is 26.2 Å². The lowest BCUT2D eigenvalue weighted by Crippen LogP contribution is -2.68. The highest BCUT2D eigenvalue weighted by molar-refractivity contribution is 4.51. The average Bonchev–Trinajstić information content (AvgIpc) is 1.85. The minimum atomic E-state index is -4.94. The molecule has 0 saturated carbocycles. The summed E-state index contributed by atoms with van der Waals surface area (Å²) in [6.07, 6.45) is 3.38. The van der Waals surface area contributed by atoms with E-state index in [4.69, 9.17) is 24.0 Å². The smallest absolute Gasteiger partial charge is 0.222 e. The van der Waals surface area contributed by atoms with Gasteiger partial charge in [-0.1, -0.05) is 13.3 Å². The van der Waals surface area contributed by atoms with Crippen LogP contribution in [0.25, 0.3) is 4.98 Å². The molecule has 0 bridgehead atoms. The first-order chi connectivity index (χ1) is 5.41. The van der Waals surface area contributed by atoms with Gasteiger partial charge in [-0.05, 0) is 6.42 Å². The van der Waals surface area contributed by atoms with E-state index in [9.17, 15) is 0 Å². The Hall–Kier alpha value is -0.450. The molecule has 0 heterocycles. The molecule has 0 saturated heterocycles. The molecule has 0 aromatic carbocycles. The summed E-state index contributed by atoms with van der Waals surface area (Å²) in [5.74, 6) is 0. The van der Waals surface area contributed by atoms with E-state index >= 15 is 0 Å². The van der Waals surface area contributed by atoms with Gasteiger partial charge in [0.15, 0.2) is 0 Å². The zero-order chi connectivity index (χ0) is 10.0. The van der Waals surface area contributed by atoms with Crippen molar-refractivity contribution >= 4 is 0 Å². The summed E-state index contributed by atoms with van der Waals surface area (Å²) >= 11 is 0. The van der Waals surface area contributed by atoms with Gasteiger partial charge in [-0.25, -0.2) is 18.6 Å². The fraction of sp³-hybridized carbons (Fsp3) is 1.00. The van der Waals surface area contributed by atoms with Gasteiger partial charge in [0.25, 0.3) is 0 Å². The lowest BCUT2D eigenvalue weighted by Gasteiger charge is -2.17. The first-order valence-electron chi connectivity index (χ1n) is 3.34. The van der Waals surface area contributed by atoms with E-state index < -0.39 is 10.2 Å². The summed E-state index contributed by atoms with van der Waals surface area (Å²) in [4.78, 5) is 2.97. The maximum absolute atomic E-state index is 8.49. The highest BCUT2D eigenvalue weighted by atomic mass is 35.7. The first kappa shape index (κ1) is 14.1. The third-order valence-corrected chi connectivity index (χ3v) is 0.862. The predicted molar refractivity (Wildman–Crippen MR) is 29.5 cm³/mol. The second-order valence-corrected chi connectivity index (χ2v) is 2.71. The molecule has 72 valence electrons. The Kier molecular flexibility index (Phi) is 10.2. The minimum Gasteiger partial charge on any atom is -0.222 e. The van der Waals surface area contributed by atoms with Crippen LogP contribution in [0.5, 0.6) is 0 Å². The standard InChI is InChI=1S/C5H11N2.ClHO4/c1-2-3-4-5-7-6;2-1(3,4)5/h2-5H2,1H3;(H,2,3,4,5)/q+1;/p-1. The number of halogens is 1. The number of nitrogens with zero attached hydrogens (tertiary/aromatic N) is 2. The van der Waals surface area contributed by atoms with Crippen LogP contribution in [-0.4, -0.2) is 6.54 Å². The largest absolute Gasteiger partial charge is 0.305 e. The minimum absolute atomic E-state index is 0.605. The second-order valence-electron chi connectivity index (χ2n) is 1.95. The highest BCUT2D eigenvalue weighted by Crippen LogP contribution is 1.92. The molecule has 12 heavy (non-hydrogen) atoms. The normalized spacial score (nSPS) is 9.67. The fourth-order valence-corrected chi connectivity index (χ4v) is 0.433. The Morgan fingerprint density at radius 3 is 1.83 bits per heavy atom. The topological polar surface area (TPSA) is 120 Å². The van der Waals surface area contributed by atoms with Gasteiger partial charge in [-0.3, -0.25) is 0 Å². The van der Waals surface area contributed by atoms with E-state index in [0.29, 0.717) is 6.54 Å². The summed E-state index contributed by atoms with van der Waals surface area (Å²) in [5.41, 5.74) is 0. The molecule has 0 atom stereocenters. The molecule has 0 spiro atoms. The van der Waals surface area contributed by atoms with Gasteiger partial charge < -0.3 is 0 Å². The van der Waals surface area contributed by atoms with Crippen LogP contribution in [0.2, 0.25) is 0 Å². The molecule has 7 heteroatoms. The van der Waals surface area contributed by atoms with Crippen LogP contribution in [-0.2, 0) is 0 Å². The zero-order valence-corrected chi connectivity index (χ0v) is 7.49. The molecule has 6 nitrogen and oxygen atoms in total. The molecular formula is C5H11ClN2O4. The molecule has 0 aliphatic carbocycles. The van der Waals surface area contributed by atoms with Crippen molar-refractivity contribution in [3.05, 3.63) is 4.98 Å². The van der Waals surface area contributed by atoms with Crippen molar-refractivity contribution in [3.63, 3.8) is 0 Å². The molecule has 0 aromatic heterocycles. The number of unbranched alkanes of at least 4 members (excludes halogenated alkanes) is 2. The van der Waals surface area contributed by atoms with Crippen molar-refractivity contribution < 1.29 is 28.9 Å². The van der Waals surface area contributed by atoms with Crippen molar-refractivity contribution in [2.75, 3.05) is 6.54 Å². The maximum atomic E-state index is 8.49. The lowest BCUT2D eigenvalue weighted by molar-refractivity contribution is -2.00.